The molecule has 3 aromatic carbocycles. The molecule has 0 heterocycles. The van der Waals surface area contributed by atoms with Crippen LogP contribution in [0.15, 0.2) is 60.7 Å². The highest BCUT2D eigenvalue weighted by Crippen LogP contribution is 2.27. The Kier molecular flexibility index (Phi) is 5.83. The number of aliphatic hydroxyl groups is 2. The molecule has 0 saturated heterocycles. The molecule has 0 fully saturated rings. The van der Waals surface area contributed by atoms with Crippen LogP contribution in [-0.2, 0) is 11.3 Å². The zero-order valence-electron chi connectivity index (χ0n) is 14.4. The Morgan fingerprint density at radius 1 is 1.00 bits per heavy atom. The Labute approximate surface area is 151 Å². The van der Waals surface area contributed by atoms with Crippen LogP contribution in [0.1, 0.15) is 17.2 Å². The number of rotatable bonds is 7. The van der Waals surface area contributed by atoms with Crippen molar-refractivity contribution >= 4 is 10.8 Å². The van der Waals surface area contributed by atoms with E-state index in [1.165, 1.54) is 19.2 Å². The Hall–Kier alpha value is -2.47. The van der Waals surface area contributed by atoms with Crippen LogP contribution < -0.4 is 4.74 Å². The molecule has 0 spiro atoms. The predicted octanol–water partition coefficient (Wildman–Crippen LogP) is 3.60. The largest absolute Gasteiger partial charge is 0.489 e. The van der Waals surface area contributed by atoms with Crippen LogP contribution in [0.25, 0.3) is 10.8 Å². The number of halogens is 1. The second-order valence-corrected chi connectivity index (χ2v) is 6.10. The molecule has 0 amide bonds. The van der Waals surface area contributed by atoms with Crippen LogP contribution in [0.4, 0.5) is 4.39 Å². The average molecular weight is 356 g/mol. The molecular formula is C21H21FO4. The van der Waals surface area contributed by atoms with Crippen molar-refractivity contribution in [3.8, 4) is 5.75 Å². The molecule has 26 heavy (non-hydrogen) atoms. The van der Waals surface area contributed by atoms with Gasteiger partial charge in [-0.15, -0.1) is 0 Å². The third-order valence-electron chi connectivity index (χ3n) is 4.23. The number of hydrogen-bond donors (Lipinski definition) is 2. The second-order valence-electron chi connectivity index (χ2n) is 6.10. The fourth-order valence-corrected chi connectivity index (χ4v) is 2.94. The zero-order chi connectivity index (χ0) is 18.5. The van der Waals surface area contributed by atoms with Crippen molar-refractivity contribution < 1.29 is 24.1 Å². The highest BCUT2D eigenvalue weighted by atomic mass is 19.1. The highest BCUT2D eigenvalue weighted by molar-refractivity contribution is 5.82. The summed E-state index contributed by atoms with van der Waals surface area (Å²) in [6, 6.07) is 18.2. The van der Waals surface area contributed by atoms with Gasteiger partial charge in [0.1, 0.15) is 30.4 Å². The lowest BCUT2D eigenvalue weighted by Crippen LogP contribution is -2.24. The van der Waals surface area contributed by atoms with Gasteiger partial charge >= 0.3 is 0 Å². The molecule has 0 bridgehead atoms. The minimum atomic E-state index is -1.14. The van der Waals surface area contributed by atoms with E-state index in [0.29, 0.717) is 11.3 Å². The van der Waals surface area contributed by atoms with Gasteiger partial charge in [-0.2, -0.15) is 0 Å². The van der Waals surface area contributed by atoms with Crippen molar-refractivity contribution in [1.82, 2.24) is 0 Å². The van der Waals surface area contributed by atoms with Gasteiger partial charge in [0.15, 0.2) is 0 Å². The van der Waals surface area contributed by atoms with Crippen LogP contribution >= 0.6 is 0 Å². The fraction of sp³-hybridized carbons (Fsp3) is 0.238. The maximum atomic E-state index is 13.9. The van der Waals surface area contributed by atoms with E-state index in [0.717, 1.165) is 16.3 Å². The zero-order valence-corrected chi connectivity index (χ0v) is 14.4. The number of fused-ring (bicyclic) bond motifs is 1. The van der Waals surface area contributed by atoms with Crippen molar-refractivity contribution in [1.29, 1.82) is 0 Å². The Balaban J connectivity index is 1.78. The first-order valence-electron chi connectivity index (χ1n) is 8.33. The molecule has 2 atom stereocenters. The van der Waals surface area contributed by atoms with Crippen molar-refractivity contribution in [2.75, 3.05) is 13.7 Å². The normalized spacial score (nSPS) is 13.5. The number of methoxy groups -OCH3 is 1. The average Bonchev–Trinajstić information content (AvgIpc) is 2.66. The molecule has 5 heteroatoms. The van der Waals surface area contributed by atoms with Gasteiger partial charge in [0, 0.05) is 13.2 Å². The summed E-state index contributed by atoms with van der Waals surface area (Å²) in [6.07, 6.45) is -1.98. The summed E-state index contributed by atoms with van der Waals surface area (Å²) in [6.45, 7) is -0.198. The van der Waals surface area contributed by atoms with Crippen LogP contribution in [0.3, 0.4) is 0 Å². The summed E-state index contributed by atoms with van der Waals surface area (Å²) in [4.78, 5) is 0. The first-order valence-corrected chi connectivity index (χ1v) is 8.33. The summed E-state index contributed by atoms with van der Waals surface area (Å²) in [5, 5.41) is 21.2. The standard InChI is InChI=1S/C21H21FO4/c1-25-21(20(24)12-23)17-9-18(22)11-19(10-17)26-13-14-6-7-15-4-2-3-5-16(15)8-14/h2-11,20-21,23-24H,12-13H2,1H3/t20-,21-/m1/s1. The van der Waals surface area contributed by atoms with Crippen molar-refractivity contribution in [2.45, 2.75) is 18.8 Å². The molecule has 3 rings (SSSR count). The molecule has 0 aliphatic heterocycles. The second kappa shape index (κ2) is 8.27. The molecule has 0 saturated carbocycles. The maximum absolute atomic E-state index is 13.9. The van der Waals surface area contributed by atoms with E-state index in [4.69, 9.17) is 14.6 Å². The van der Waals surface area contributed by atoms with Gasteiger partial charge in [-0.1, -0.05) is 36.4 Å². The molecule has 0 radical (unpaired) electrons. The summed E-state index contributed by atoms with van der Waals surface area (Å²) >= 11 is 0. The monoisotopic (exact) mass is 356 g/mol. The van der Waals surface area contributed by atoms with E-state index in [1.54, 1.807) is 6.07 Å². The lowest BCUT2D eigenvalue weighted by atomic mass is 10.0. The summed E-state index contributed by atoms with van der Waals surface area (Å²) in [5.74, 6) is -0.163. The summed E-state index contributed by atoms with van der Waals surface area (Å²) < 4.78 is 24.9. The van der Waals surface area contributed by atoms with Gasteiger partial charge < -0.3 is 19.7 Å². The van der Waals surface area contributed by atoms with Gasteiger partial charge in [-0.3, -0.25) is 0 Å². The minimum Gasteiger partial charge on any atom is -0.489 e. The first-order chi connectivity index (χ1) is 12.6. The first kappa shape index (κ1) is 18.3. The van der Waals surface area contributed by atoms with Crippen molar-refractivity contribution in [2.24, 2.45) is 0 Å². The van der Waals surface area contributed by atoms with Crippen molar-refractivity contribution in [3.05, 3.63) is 77.6 Å². The van der Waals surface area contributed by atoms with Gasteiger partial charge in [-0.25, -0.2) is 4.39 Å². The molecule has 2 N–H and O–H groups in total. The maximum Gasteiger partial charge on any atom is 0.127 e. The van der Waals surface area contributed by atoms with Gasteiger partial charge in [0.05, 0.1) is 6.61 Å². The quantitative estimate of drug-likeness (QED) is 0.679. The van der Waals surface area contributed by atoms with E-state index in [1.807, 2.05) is 42.5 Å². The molecule has 0 aliphatic carbocycles. The molecule has 136 valence electrons. The van der Waals surface area contributed by atoms with E-state index >= 15 is 0 Å². The molecule has 0 aromatic heterocycles. The van der Waals surface area contributed by atoms with Crippen LogP contribution in [-0.4, -0.2) is 30.0 Å². The van der Waals surface area contributed by atoms with Gasteiger partial charge in [-0.05, 0) is 40.1 Å². The Morgan fingerprint density at radius 2 is 1.77 bits per heavy atom. The smallest absolute Gasteiger partial charge is 0.127 e. The lowest BCUT2D eigenvalue weighted by Gasteiger charge is -2.21. The summed E-state index contributed by atoms with van der Waals surface area (Å²) in [7, 11) is 1.39. The van der Waals surface area contributed by atoms with Crippen LogP contribution in [0, 0.1) is 5.82 Å². The van der Waals surface area contributed by atoms with Gasteiger partial charge in [0.25, 0.3) is 0 Å². The van der Waals surface area contributed by atoms with Gasteiger partial charge in [0.2, 0.25) is 0 Å². The molecule has 3 aromatic rings. The number of benzene rings is 3. The molecular weight excluding hydrogens is 335 g/mol. The van der Waals surface area contributed by atoms with E-state index in [2.05, 4.69) is 0 Å². The van der Waals surface area contributed by atoms with Crippen LogP contribution in [0.5, 0.6) is 5.75 Å². The number of ether oxygens (including phenoxy) is 2. The molecule has 4 nitrogen and oxygen atoms in total. The minimum absolute atomic E-state index is 0.286. The SMILES string of the molecule is CO[C@H](c1cc(F)cc(OCc2ccc3ccccc3c2)c1)[C@H](O)CO. The van der Waals surface area contributed by atoms with E-state index in [-0.39, 0.29) is 6.61 Å². The topological polar surface area (TPSA) is 58.9 Å². The lowest BCUT2D eigenvalue weighted by molar-refractivity contribution is -0.0394. The number of hydrogen-bond acceptors (Lipinski definition) is 4. The highest BCUT2D eigenvalue weighted by Gasteiger charge is 2.21. The predicted molar refractivity (Wildman–Crippen MR) is 97.5 cm³/mol. The van der Waals surface area contributed by atoms with E-state index in [9.17, 15) is 9.50 Å². The number of aliphatic hydroxyl groups excluding tert-OH is 2. The third-order valence-corrected chi connectivity index (χ3v) is 4.23. The summed E-state index contributed by atoms with van der Waals surface area (Å²) in [5.41, 5.74) is 1.37. The molecule has 0 unspecified atom stereocenters. The fourth-order valence-electron chi connectivity index (χ4n) is 2.94. The van der Waals surface area contributed by atoms with E-state index < -0.39 is 24.6 Å². The Morgan fingerprint density at radius 3 is 2.50 bits per heavy atom. The molecule has 0 aliphatic rings. The Bertz CT molecular complexity index is 881. The van der Waals surface area contributed by atoms with Crippen LogP contribution in [0.2, 0.25) is 0 Å². The van der Waals surface area contributed by atoms with Crippen molar-refractivity contribution in [3.63, 3.8) is 0 Å². The third kappa shape index (κ3) is 4.19.